The number of urea groups is 1. The minimum atomic E-state index is -4.39. The lowest BCUT2D eigenvalue weighted by Gasteiger charge is -2.14. The first-order valence-electron chi connectivity index (χ1n) is 7.66. The molecule has 0 aliphatic carbocycles. The van der Waals surface area contributed by atoms with E-state index < -0.39 is 24.7 Å². The zero-order valence-corrected chi connectivity index (χ0v) is 14.4. The standard InChI is InChI=1S/C16H17F3N4O2S/c17-16(18,19)10-23-12(11-5-2-1-3-6-11)9-21-15(23)26-8-4-7-13(24)22-14(20)25/h1-3,5-6,9H,4,7-8,10H2,(H3,20,22,24,25). The average molecular weight is 386 g/mol. The third kappa shape index (κ3) is 6.10. The molecule has 1 aromatic carbocycles. The normalized spacial score (nSPS) is 11.3. The van der Waals surface area contributed by atoms with Crippen molar-refractivity contribution < 1.29 is 22.8 Å². The average Bonchev–Trinajstić information content (AvgIpc) is 2.92. The second-order valence-electron chi connectivity index (χ2n) is 5.36. The van der Waals surface area contributed by atoms with Gasteiger partial charge in [-0.15, -0.1) is 0 Å². The van der Waals surface area contributed by atoms with E-state index in [0.29, 0.717) is 23.4 Å². The van der Waals surface area contributed by atoms with Gasteiger partial charge in [-0.3, -0.25) is 10.1 Å². The highest BCUT2D eigenvalue weighted by molar-refractivity contribution is 7.99. The maximum Gasteiger partial charge on any atom is 0.406 e. The zero-order chi connectivity index (χ0) is 19.2. The molecule has 1 aromatic heterocycles. The van der Waals surface area contributed by atoms with E-state index in [4.69, 9.17) is 5.73 Å². The van der Waals surface area contributed by atoms with Crippen molar-refractivity contribution in [1.82, 2.24) is 14.9 Å². The summed E-state index contributed by atoms with van der Waals surface area (Å²) in [6.45, 7) is -1.15. The van der Waals surface area contributed by atoms with E-state index in [0.717, 1.165) is 16.3 Å². The number of alkyl halides is 3. The van der Waals surface area contributed by atoms with Gasteiger partial charge in [-0.25, -0.2) is 9.78 Å². The number of aromatic nitrogens is 2. The fraction of sp³-hybridized carbons (Fsp3) is 0.312. The van der Waals surface area contributed by atoms with E-state index in [1.165, 1.54) is 6.20 Å². The van der Waals surface area contributed by atoms with Gasteiger partial charge in [0.25, 0.3) is 0 Å². The summed E-state index contributed by atoms with van der Waals surface area (Å²) in [5, 5.41) is 2.15. The van der Waals surface area contributed by atoms with Gasteiger partial charge in [-0.05, 0) is 12.0 Å². The topological polar surface area (TPSA) is 90.0 Å². The molecule has 3 N–H and O–H groups in total. The molecule has 0 atom stereocenters. The molecule has 2 rings (SSSR count). The molecule has 140 valence electrons. The van der Waals surface area contributed by atoms with Crippen LogP contribution in [0.2, 0.25) is 0 Å². The highest BCUT2D eigenvalue weighted by Crippen LogP contribution is 2.30. The van der Waals surface area contributed by atoms with Crippen LogP contribution in [-0.4, -0.2) is 33.4 Å². The van der Waals surface area contributed by atoms with E-state index in [2.05, 4.69) is 4.98 Å². The van der Waals surface area contributed by atoms with Crippen molar-refractivity contribution in [1.29, 1.82) is 0 Å². The number of hydrogen-bond acceptors (Lipinski definition) is 4. The van der Waals surface area contributed by atoms with E-state index >= 15 is 0 Å². The summed E-state index contributed by atoms with van der Waals surface area (Å²) < 4.78 is 40.0. The van der Waals surface area contributed by atoms with Crippen LogP contribution in [0.5, 0.6) is 0 Å². The van der Waals surface area contributed by atoms with Gasteiger partial charge in [0.2, 0.25) is 5.91 Å². The Morgan fingerprint density at radius 1 is 1.23 bits per heavy atom. The molecule has 1 heterocycles. The summed E-state index contributed by atoms with van der Waals surface area (Å²) in [5.74, 6) is -0.156. The Morgan fingerprint density at radius 2 is 1.92 bits per heavy atom. The van der Waals surface area contributed by atoms with Crippen LogP contribution in [-0.2, 0) is 11.3 Å². The molecule has 6 nitrogen and oxygen atoms in total. The van der Waals surface area contributed by atoms with Gasteiger partial charge >= 0.3 is 12.2 Å². The van der Waals surface area contributed by atoms with Crippen LogP contribution in [0.1, 0.15) is 12.8 Å². The Hall–Kier alpha value is -2.49. The second-order valence-corrected chi connectivity index (χ2v) is 6.42. The Kier molecular flexibility index (Phi) is 6.67. The predicted molar refractivity (Wildman–Crippen MR) is 91.4 cm³/mol. The zero-order valence-electron chi connectivity index (χ0n) is 13.6. The smallest absolute Gasteiger partial charge is 0.351 e. The summed E-state index contributed by atoms with van der Waals surface area (Å²) in [7, 11) is 0. The van der Waals surface area contributed by atoms with E-state index in [1.54, 1.807) is 30.3 Å². The number of imide groups is 1. The number of thioether (sulfide) groups is 1. The van der Waals surface area contributed by atoms with Crippen molar-refractivity contribution >= 4 is 23.7 Å². The van der Waals surface area contributed by atoms with Gasteiger partial charge in [0.1, 0.15) is 6.54 Å². The summed E-state index contributed by atoms with van der Waals surface area (Å²) in [6, 6.07) is 7.75. The van der Waals surface area contributed by atoms with E-state index in [1.807, 2.05) is 5.32 Å². The maximum atomic E-state index is 13.0. The lowest BCUT2D eigenvalue weighted by Crippen LogP contribution is -2.34. The SMILES string of the molecule is NC(=O)NC(=O)CCCSc1ncc(-c2ccccc2)n1CC(F)(F)F. The minimum absolute atomic E-state index is 0.0431. The van der Waals surface area contributed by atoms with Crippen molar-refractivity contribution in [3.8, 4) is 11.3 Å². The van der Waals surface area contributed by atoms with E-state index in [-0.39, 0.29) is 11.6 Å². The Balaban J connectivity index is 2.07. The second kappa shape index (κ2) is 8.75. The Labute approximate surface area is 152 Å². The predicted octanol–water partition coefficient (Wildman–Crippen LogP) is 3.18. The number of carbonyl (C=O) groups excluding carboxylic acids is 2. The maximum absolute atomic E-state index is 13.0. The Morgan fingerprint density at radius 3 is 2.54 bits per heavy atom. The fourth-order valence-corrected chi connectivity index (χ4v) is 3.16. The van der Waals surface area contributed by atoms with Gasteiger partial charge in [0, 0.05) is 12.2 Å². The number of nitrogens with zero attached hydrogens (tertiary/aromatic N) is 2. The quantitative estimate of drug-likeness (QED) is 0.565. The van der Waals surface area contributed by atoms with Crippen LogP contribution in [0, 0.1) is 0 Å². The highest BCUT2D eigenvalue weighted by atomic mass is 32.2. The Bertz CT molecular complexity index is 763. The molecule has 0 unspecified atom stereocenters. The van der Waals surface area contributed by atoms with Crippen molar-refractivity contribution in [2.45, 2.75) is 30.7 Å². The van der Waals surface area contributed by atoms with Gasteiger partial charge in [-0.2, -0.15) is 13.2 Å². The first-order valence-corrected chi connectivity index (χ1v) is 8.64. The van der Waals surface area contributed by atoms with Crippen LogP contribution >= 0.6 is 11.8 Å². The first kappa shape index (κ1) is 19.8. The van der Waals surface area contributed by atoms with Crippen LogP contribution in [0.25, 0.3) is 11.3 Å². The van der Waals surface area contributed by atoms with Crippen molar-refractivity contribution in [3.63, 3.8) is 0 Å². The van der Waals surface area contributed by atoms with Crippen LogP contribution in [0.3, 0.4) is 0 Å². The third-order valence-electron chi connectivity index (χ3n) is 3.27. The number of nitrogens with one attached hydrogen (secondary N) is 1. The number of rotatable bonds is 7. The van der Waals surface area contributed by atoms with Gasteiger partial charge in [-0.1, -0.05) is 42.1 Å². The number of carbonyl (C=O) groups is 2. The van der Waals surface area contributed by atoms with Crippen molar-refractivity contribution in [2.24, 2.45) is 5.73 Å². The number of benzene rings is 1. The number of nitrogens with two attached hydrogens (primary N) is 1. The van der Waals surface area contributed by atoms with Crippen molar-refractivity contribution in [3.05, 3.63) is 36.5 Å². The lowest BCUT2D eigenvalue weighted by molar-refractivity contribution is -0.141. The van der Waals surface area contributed by atoms with Crippen LogP contribution < -0.4 is 11.1 Å². The van der Waals surface area contributed by atoms with Gasteiger partial charge in [0.15, 0.2) is 5.16 Å². The molecule has 10 heteroatoms. The summed E-state index contributed by atoms with van der Waals surface area (Å²) in [4.78, 5) is 26.0. The van der Waals surface area contributed by atoms with Crippen LogP contribution in [0.4, 0.5) is 18.0 Å². The molecule has 26 heavy (non-hydrogen) atoms. The van der Waals surface area contributed by atoms with Crippen molar-refractivity contribution in [2.75, 3.05) is 5.75 Å². The molecular formula is C16H17F3N4O2S. The lowest BCUT2D eigenvalue weighted by atomic mass is 10.2. The molecule has 0 fully saturated rings. The molecule has 3 amide bonds. The molecule has 0 saturated heterocycles. The summed E-state index contributed by atoms with van der Waals surface area (Å²) >= 11 is 1.12. The highest BCUT2D eigenvalue weighted by Gasteiger charge is 2.30. The molecule has 0 spiro atoms. The molecule has 0 aliphatic heterocycles. The molecule has 0 bridgehead atoms. The number of amides is 3. The van der Waals surface area contributed by atoms with E-state index in [9.17, 15) is 22.8 Å². The fourth-order valence-electron chi connectivity index (χ4n) is 2.24. The molecule has 0 radical (unpaired) electrons. The third-order valence-corrected chi connectivity index (χ3v) is 4.34. The molecule has 2 aromatic rings. The summed E-state index contributed by atoms with van der Waals surface area (Å²) in [6.07, 6.45) is -2.57. The molecule has 0 aliphatic rings. The minimum Gasteiger partial charge on any atom is -0.351 e. The first-order chi connectivity index (χ1) is 12.3. The monoisotopic (exact) mass is 386 g/mol. The number of halogens is 3. The van der Waals surface area contributed by atoms with Gasteiger partial charge in [0.05, 0.1) is 11.9 Å². The molecule has 0 saturated carbocycles. The molecular weight excluding hydrogens is 369 g/mol. The van der Waals surface area contributed by atoms with Crippen LogP contribution in [0.15, 0.2) is 41.7 Å². The van der Waals surface area contributed by atoms with Gasteiger partial charge < -0.3 is 10.3 Å². The largest absolute Gasteiger partial charge is 0.406 e. The number of hydrogen-bond donors (Lipinski definition) is 2. The summed E-state index contributed by atoms with van der Waals surface area (Å²) in [5.41, 5.74) is 5.84. The number of imidazole rings is 1. The number of primary amides is 1.